The van der Waals surface area contributed by atoms with Gasteiger partial charge in [-0.15, -0.1) is 0 Å². The van der Waals surface area contributed by atoms with Crippen LogP contribution in [0.4, 0.5) is 0 Å². The quantitative estimate of drug-likeness (QED) is 0.120. The summed E-state index contributed by atoms with van der Waals surface area (Å²) in [5.74, 6) is 1.85. The van der Waals surface area contributed by atoms with Crippen molar-refractivity contribution in [2.45, 2.75) is 0 Å². The fraction of sp³-hybridized carbons (Fsp3) is 0. The third kappa shape index (κ3) is 6.49. The molecule has 0 saturated carbocycles. The second-order valence-electron chi connectivity index (χ2n) is 15.2. The maximum atomic E-state index is 5.32. The molecule has 0 radical (unpaired) electrons. The molecule has 0 unspecified atom stereocenters. The monoisotopic (exact) mass is 763 g/mol. The van der Waals surface area contributed by atoms with E-state index in [1.807, 2.05) is 18.2 Å². The summed E-state index contributed by atoms with van der Waals surface area (Å²) in [6.07, 6.45) is 0. The van der Waals surface area contributed by atoms with Crippen LogP contribution in [0.3, 0.4) is 0 Å². The predicted octanol–water partition coefficient (Wildman–Crippen LogP) is 15.0. The Kier molecular flexibility index (Phi) is 8.83. The summed E-state index contributed by atoms with van der Waals surface area (Å²) in [5, 5.41) is 7.42. The van der Waals surface area contributed by atoms with Crippen LogP contribution in [0, 0.1) is 0 Å². The lowest BCUT2D eigenvalue weighted by Gasteiger charge is -2.15. The van der Waals surface area contributed by atoms with Gasteiger partial charge < -0.3 is 0 Å². The minimum atomic E-state index is 0.615. The molecule has 0 aliphatic rings. The summed E-state index contributed by atoms with van der Waals surface area (Å²) >= 11 is 0. The van der Waals surface area contributed by atoms with Crippen LogP contribution in [0.2, 0.25) is 0 Å². The Bertz CT molecular complexity index is 3340. The largest absolute Gasteiger partial charge is 0.208 e. The highest BCUT2D eigenvalue weighted by Crippen LogP contribution is 2.41. The molecule has 0 N–H and O–H groups in total. The molecule has 11 aromatic rings. The van der Waals surface area contributed by atoms with Gasteiger partial charge in [0.2, 0.25) is 0 Å². The number of nitrogens with zero attached hydrogens (tertiary/aromatic N) is 3. The van der Waals surface area contributed by atoms with Crippen LogP contribution in [0.5, 0.6) is 0 Å². The molecular weight excluding hydrogens is 727 g/mol. The Hall–Kier alpha value is -8.01. The predicted molar refractivity (Wildman–Crippen MR) is 250 cm³/mol. The molecule has 0 amide bonds. The van der Waals surface area contributed by atoms with Gasteiger partial charge in [0.1, 0.15) is 0 Å². The Balaban J connectivity index is 1.10. The highest BCUT2D eigenvalue weighted by atomic mass is 15.0. The van der Waals surface area contributed by atoms with Crippen molar-refractivity contribution in [2.75, 3.05) is 0 Å². The first-order valence-electron chi connectivity index (χ1n) is 20.3. The first-order chi connectivity index (χ1) is 29.7. The van der Waals surface area contributed by atoms with Gasteiger partial charge >= 0.3 is 0 Å². The van der Waals surface area contributed by atoms with Gasteiger partial charge in [0.25, 0.3) is 0 Å². The minimum absolute atomic E-state index is 0.615. The van der Waals surface area contributed by atoms with Gasteiger partial charge in [-0.1, -0.05) is 206 Å². The fourth-order valence-electron chi connectivity index (χ4n) is 8.55. The van der Waals surface area contributed by atoms with Crippen molar-refractivity contribution in [3.05, 3.63) is 224 Å². The van der Waals surface area contributed by atoms with Crippen molar-refractivity contribution in [2.24, 2.45) is 0 Å². The maximum absolute atomic E-state index is 5.32. The molecule has 3 nitrogen and oxygen atoms in total. The molecule has 280 valence electrons. The minimum Gasteiger partial charge on any atom is -0.208 e. The van der Waals surface area contributed by atoms with E-state index in [4.69, 9.17) is 15.0 Å². The van der Waals surface area contributed by atoms with Crippen molar-refractivity contribution >= 4 is 32.3 Å². The third-order valence-electron chi connectivity index (χ3n) is 11.5. The fourth-order valence-corrected chi connectivity index (χ4v) is 8.55. The zero-order chi connectivity index (χ0) is 39.8. The Morgan fingerprint density at radius 3 is 1.45 bits per heavy atom. The maximum Gasteiger partial charge on any atom is 0.164 e. The number of rotatable bonds is 7. The third-order valence-corrected chi connectivity index (χ3v) is 11.5. The van der Waals surface area contributed by atoms with Crippen molar-refractivity contribution in [3.8, 4) is 78.7 Å². The molecule has 0 aliphatic heterocycles. The number of hydrogen-bond acceptors (Lipinski definition) is 3. The van der Waals surface area contributed by atoms with Gasteiger partial charge in [-0.25, -0.2) is 15.0 Å². The Labute approximate surface area is 349 Å². The molecule has 3 heteroatoms. The van der Waals surface area contributed by atoms with E-state index in [9.17, 15) is 0 Å². The lowest BCUT2D eigenvalue weighted by Crippen LogP contribution is -2.01. The molecule has 1 aromatic heterocycles. The highest BCUT2D eigenvalue weighted by molar-refractivity contribution is 6.20. The first kappa shape index (κ1) is 35.2. The SMILES string of the molecule is c1ccc(-c2cccc(-c3nc(-c4ccc(-c5c6ccccc6cc6c5ccc5ccccc56)cc4)nc(-c4cc(-c5ccccc5)ccc4-c4ccccc4)n3)c2)cc1. The van der Waals surface area contributed by atoms with Crippen LogP contribution in [0.15, 0.2) is 224 Å². The Morgan fingerprint density at radius 2 is 0.733 bits per heavy atom. The molecule has 10 aromatic carbocycles. The van der Waals surface area contributed by atoms with Crippen molar-refractivity contribution in [1.82, 2.24) is 15.0 Å². The van der Waals surface area contributed by atoms with Gasteiger partial charge in [-0.3, -0.25) is 0 Å². The number of benzene rings is 10. The zero-order valence-corrected chi connectivity index (χ0v) is 32.7. The normalized spacial score (nSPS) is 11.3. The zero-order valence-electron chi connectivity index (χ0n) is 32.7. The van der Waals surface area contributed by atoms with E-state index in [1.54, 1.807) is 0 Å². The molecule has 0 saturated heterocycles. The van der Waals surface area contributed by atoms with Crippen molar-refractivity contribution < 1.29 is 0 Å². The Morgan fingerprint density at radius 1 is 0.217 bits per heavy atom. The molecular formula is C57H37N3. The average molecular weight is 764 g/mol. The summed E-state index contributed by atoms with van der Waals surface area (Å²) in [4.78, 5) is 15.8. The van der Waals surface area contributed by atoms with Crippen molar-refractivity contribution in [3.63, 3.8) is 0 Å². The molecule has 0 spiro atoms. The van der Waals surface area contributed by atoms with Crippen LogP contribution in [-0.4, -0.2) is 15.0 Å². The molecule has 11 rings (SSSR count). The van der Waals surface area contributed by atoms with E-state index >= 15 is 0 Å². The molecule has 1 heterocycles. The van der Waals surface area contributed by atoms with Gasteiger partial charge in [0, 0.05) is 16.7 Å². The van der Waals surface area contributed by atoms with Crippen LogP contribution in [-0.2, 0) is 0 Å². The molecule has 0 bridgehead atoms. The van der Waals surface area contributed by atoms with E-state index in [0.717, 1.165) is 55.6 Å². The molecule has 0 aliphatic carbocycles. The highest BCUT2D eigenvalue weighted by Gasteiger charge is 2.19. The van der Waals surface area contributed by atoms with E-state index in [-0.39, 0.29) is 0 Å². The summed E-state index contributed by atoms with van der Waals surface area (Å²) in [6.45, 7) is 0. The molecule has 60 heavy (non-hydrogen) atoms. The topological polar surface area (TPSA) is 38.7 Å². The summed E-state index contributed by atoms with van der Waals surface area (Å²) in [5.41, 5.74) is 11.8. The summed E-state index contributed by atoms with van der Waals surface area (Å²) < 4.78 is 0. The van der Waals surface area contributed by atoms with Crippen LogP contribution >= 0.6 is 0 Å². The van der Waals surface area contributed by atoms with E-state index in [0.29, 0.717) is 17.5 Å². The number of aromatic nitrogens is 3. The van der Waals surface area contributed by atoms with Crippen molar-refractivity contribution in [1.29, 1.82) is 0 Å². The summed E-state index contributed by atoms with van der Waals surface area (Å²) in [6, 6.07) is 79.4. The van der Waals surface area contributed by atoms with Crippen LogP contribution in [0.1, 0.15) is 0 Å². The second-order valence-corrected chi connectivity index (χ2v) is 15.2. The van der Waals surface area contributed by atoms with Gasteiger partial charge in [0.15, 0.2) is 17.5 Å². The lowest BCUT2D eigenvalue weighted by molar-refractivity contribution is 1.07. The smallest absolute Gasteiger partial charge is 0.164 e. The first-order valence-corrected chi connectivity index (χ1v) is 20.3. The number of hydrogen-bond donors (Lipinski definition) is 0. The van der Waals surface area contributed by atoms with Crippen LogP contribution < -0.4 is 0 Å². The molecule has 0 fully saturated rings. The van der Waals surface area contributed by atoms with Gasteiger partial charge in [-0.2, -0.15) is 0 Å². The number of fused-ring (bicyclic) bond motifs is 4. The standard InChI is InChI=1S/C57H37N3/c1-4-15-38(16-5-1)44-23-14-24-47(35-44)56-58-55(59-57(60-56)53-36-45(39-17-6-2-7-18-39)32-33-49(53)40-19-8-3-9-20-40)43-29-27-42(28-30-43)54-50-26-13-11-22-46(50)37-52-48-25-12-10-21-41(48)31-34-51(52)54/h1-37H. The second kappa shape index (κ2) is 15.1. The van der Waals surface area contributed by atoms with Gasteiger partial charge in [0.05, 0.1) is 0 Å². The summed E-state index contributed by atoms with van der Waals surface area (Å²) in [7, 11) is 0. The van der Waals surface area contributed by atoms with Gasteiger partial charge in [-0.05, 0) is 95.0 Å². The molecule has 0 atom stereocenters. The van der Waals surface area contributed by atoms with Crippen LogP contribution in [0.25, 0.3) is 111 Å². The van der Waals surface area contributed by atoms with E-state index in [2.05, 4.69) is 206 Å². The van der Waals surface area contributed by atoms with E-state index < -0.39 is 0 Å². The average Bonchev–Trinajstić information content (AvgIpc) is 3.34. The van der Waals surface area contributed by atoms with E-state index in [1.165, 1.54) is 37.9 Å². The lowest BCUT2D eigenvalue weighted by atomic mass is 9.89.